The fourth-order valence-corrected chi connectivity index (χ4v) is 6.72. The number of amides is 2. The summed E-state index contributed by atoms with van der Waals surface area (Å²) in [5.74, 6) is 0.0491. The first-order valence-electron chi connectivity index (χ1n) is 23.2. The third-order valence-electron chi connectivity index (χ3n) is 11.0. The van der Waals surface area contributed by atoms with Gasteiger partial charge in [0.2, 0.25) is 17.8 Å². The van der Waals surface area contributed by atoms with Crippen LogP contribution < -0.4 is 26.6 Å². The molecule has 4 aromatic carbocycles. The average Bonchev–Trinajstić information content (AvgIpc) is 3.31. The Balaban J connectivity index is 1.26. The Kier molecular flexibility index (Phi) is 19.0. The molecule has 0 aliphatic rings. The first-order chi connectivity index (χ1) is 31.7. The highest BCUT2D eigenvalue weighted by Crippen LogP contribution is 2.24. The molecule has 14 nitrogen and oxygen atoms in total. The molecule has 5 N–H and O–H groups in total. The van der Waals surface area contributed by atoms with Gasteiger partial charge >= 0.3 is 11.9 Å². The number of hydrogen-bond acceptors (Lipinski definition) is 12. The summed E-state index contributed by atoms with van der Waals surface area (Å²) < 4.78 is 11.2. The molecule has 1 heterocycles. The molecule has 0 saturated carbocycles. The summed E-state index contributed by atoms with van der Waals surface area (Å²) in [5, 5.41) is 15.5. The van der Waals surface area contributed by atoms with Crippen molar-refractivity contribution in [2.24, 2.45) is 17.3 Å². The van der Waals surface area contributed by atoms with Gasteiger partial charge in [-0.3, -0.25) is 9.59 Å². The lowest BCUT2D eigenvalue weighted by atomic mass is 9.97. The summed E-state index contributed by atoms with van der Waals surface area (Å²) in [7, 11) is 0. The van der Waals surface area contributed by atoms with Gasteiger partial charge < -0.3 is 36.1 Å². The maximum Gasteiger partial charge on any atom is 0.338 e. The summed E-state index contributed by atoms with van der Waals surface area (Å²) in [6.07, 6.45) is 8.40. The second-order valence-electron chi connectivity index (χ2n) is 17.7. The molecule has 0 saturated heterocycles. The number of carbonyl (C=O) groups is 4. The van der Waals surface area contributed by atoms with E-state index in [2.05, 4.69) is 90.0 Å². The number of nitrogens with one attached hydrogen (secondary N) is 5. The van der Waals surface area contributed by atoms with Gasteiger partial charge in [-0.2, -0.15) is 15.0 Å². The third-order valence-corrected chi connectivity index (χ3v) is 11.0. The topological polar surface area (TPSA) is 186 Å². The quantitative estimate of drug-likeness (QED) is 0.0370. The molecular formula is C52H66N8O6. The molecule has 0 spiro atoms. The number of unbranched alkanes of at least 4 members (excludes halogenated alkanes) is 2. The number of hydrogen-bond donors (Lipinski definition) is 5. The van der Waals surface area contributed by atoms with Crippen LogP contribution in [0.2, 0.25) is 0 Å². The Bertz CT molecular complexity index is 2330. The Morgan fingerprint density at radius 2 is 0.848 bits per heavy atom. The third kappa shape index (κ3) is 16.3. The van der Waals surface area contributed by atoms with Crippen molar-refractivity contribution in [2.75, 3.05) is 41.0 Å². The van der Waals surface area contributed by atoms with Gasteiger partial charge in [-0.1, -0.05) is 87.0 Å². The van der Waals surface area contributed by atoms with Crippen molar-refractivity contribution in [3.05, 3.63) is 119 Å². The second kappa shape index (κ2) is 25.0. The average molecular weight is 899 g/mol. The number of esters is 2. The Labute approximate surface area is 389 Å². The van der Waals surface area contributed by atoms with Crippen LogP contribution in [-0.2, 0) is 9.47 Å². The second-order valence-corrected chi connectivity index (χ2v) is 17.7. The summed E-state index contributed by atoms with van der Waals surface area (Å²) >= 11 is 0. The summed E-state index contributed by atoms with van der Waals surface area (Å²) in [4.78, 5) is 65.3. The molecule has 2 unspecified atom stereocenters. The summed E-state index contributed by atoms with van der Waals surface area (Å²) in [5.41, 5.74) is 4.14. The highest BCUT2D eigenvalue weighted by molar-refractivity contribution is 6.04. The van der Waals surface area contributed by atoms with E-state index < -0.39 is 0 Å². The van der Waals surface area contributed by atoms with E-state index in [4.69, 9.17) is 9.47 Å². The van der Waals surface area contributed by atoms with Crippen molar-refractivity contribution in [1.29, 1.82) is 0 Å². The molecule has 0 aliphatic heterocycles. The van der Waals surface area contributed by atoms with Gasteiger partial charge in [-0.05, 0) is 127 Å². The molecule has 66 heavy (non-hydrogen) atoms. The van der Waals surface area contributed by atoms with Gasteiger partial charge in [0.05, 0.1) is 24.3 Å². The standard InChI is InChI=1S/C52H66N8O6/c1-8-12-14-35(10-3)32-65-47(63)39-20-28-41(29-21-39)54-46(62)38-18-26-43(27-19-38)56-50-58-49(55-42-24-16-37(17-25-42)45(61)53-34-52(5,6)7)59-51(60-50)57-44-30-22-40(23-31-44)48(64)66-33-36(11-4)15-13-9-2/h16-31,35-36H,8-15,32-34H2,1-7H3,(H,53,61)(H,54,62)(H3,55,56,57,58,59,60). The Morgan fingerprint density at radius 3 is 1.20 bits per heavy atom. The normalized spacial score (nSPS) is 12.0. The van der Waals surface area contributed by atoms with Crippen LogP contribution in [0.15, 0.2) is 97.1 Å². The maximum atomic E-state index is 13.2. The minimum atomic E-state index is -0.382. The van der Waals surface area contributed by atoms with Crippen LogP contribution in [0.4, 0.5) is 40.6 Å². The van der Waals surface area contributed by atoms with Crippen molar-refractivity contribution in [3.8, 4) is 0 Å². The lowest BCUT2D eigenvalue weighted by molar-refractivity contribution is 0.0419. The Morgan fingerprint density at radius 1 is 0.500 bits per heavy atom. The van der Waals surface area contributed by atoms with Gasteiger partial charge in [0.15, 0.2) is 0 Å². The number of carbonyl (C=O) groups excluding carboxylic acids is 4. The zero-order valence-corrected chi connectivity index (χ0v) is 39.5. The van der Waals surface area contributed by atoms with Gasteiger partial charge in [0.1, 0.15) is 0 Å². The van der Waals surface area contributed by atoms with Gasteiger partial charge in [0.25, 0.3) is 11.8 Å². The summed E-state index contributed by atoms with van der Waals surface area (Å²) in [6, 6.07) is 27.3. The predicted molar refractivity (Wildman–Crippen MR) is 262 cm³/mol. The number of aromatic nitrogens is 3. The van der Waals surface area contributed by atoms with Gasteiger partial charge in [0, 0.05) is 40.4 Å². The summed E-state index contributed by atoms with van der Waals surface area (Å²) in [6.45, 7) is 16.0. The highest BCUT2D eigenvalue weighted by Gasteiger charge is 2.17. The molecular weight excluding hydrogens is 833 g/mol. The van der Waals surface area contributed by atoms with Crippen molar-refractivity contribution < 1.29 is 28.7 Å². The van der Waals surface area contributed by atoms with Crippen LogP contribution in [-0.4, -0.2) is 58.5 Å². The van der Waals surface area contributed by atoms with Crippen LogP contribution >= 0.6 is 0 Å². The number of ether oxygens (including phenoxy) is 2. The molecule has 2 amide bonds. The van der Waals surface area contributed by atoms with Crippen LogP contribution in [0.5, 0.6) is 0 Å². The van der Waals surface area contributed by atoms with E-state index in [1.807, 2.05) is 0 Å². The SMILES string of the molecule is CCCCC(CC)COC(=O)c1ccc(NC(=O)c2ccc(Nc3nc(Nc4ccc(C(=O)NCC(C)(C)C)cc4)nc(Nc4ccc(C(=O)OCC(CC)CCCC)cc4)n3)cc2)cc1. The van der Waals surface area contributed by atoms with E-state index in [9.17, 15) is 19.2 Å². The lowest BCUT2D eigenvalue weighted by Gasteiger charge is -2.18. The zero-order chi connectivity index (χ0) is 47.5. The van der Waals surface area contributed by atoms with E-state index in [-0.39, 0.29) is 47.0 Å². The van der Waals surface area contributed by atoms with E-state index >= 15 is 0 Å². The van der Waals surface area contributed by atoms with E-state index in [1.165, 1.54) is 0 Å². The molecule has 0 radical (unpaired) electrons. The largest absolute Gasteiger partial charge is 0.462 e. The molecule has 2 atom stereocenters. The van der Waals surface area contributed by atoms with Crippen molar-refractivity contribution >= 4 is 64.3 Å². The number of nitrogens with zero attached hydrogens (tertiary/aromatic N) is 3. The fourth-order valence-electron chi connectivity index (χ4n) is 6.72. The van der Waals surface area contributed by atoms with Crippen molar-refractivity contribution in [1.82, 2.24) is 20.3 Å². The smallest absolute Gasteiger partial charge is 0.338 e. The predicted octanol–water partition coefficient (Wildman–Crippen LogP) is 11.9. The highest BCUT2D eigenvalue weighted by atomic mass is 16.5. The van der Waals surface area contributed by atoms with Crippen molar-refractivity contribution in [2.45, 2.75) is 99.8 Å². The minimum absolute atomic E-state index is 0.0518. The van der Waals surface area contributed by atoms with Crippen LogP contribution in [0.3, 0.4) is 0 Å². The monoisotopic (exact) mass is 899 g/mol. The first-order valence-corrected chi connectivity index (χ1v) is 23.2. The van der Waals surface area contributed by atoms with Crippen LogP contribution in [0.1, 0.15) is 141 Å². The molecule has 5 aromatic rings. The van der Waals surface area contributed by atoms with Crippen LogP contribution in [0.25, 0.3) is 0 Å². The molecule has 350 valence electrons. The lowest BCUT2D eigenvalue weighted by Crippen LogP contribution is -2.32. The minimum Gasteiger partial charge on any atom is -0.462 e. The molecule has 5 rings (SSSR count). The number of anilines is 7. The molecule has 0 fully saturated rings. The zero-order valence-electron chi connectivity index (χ0n) is 39.5. The van der Waals surface area contributed by atoms with E-state index in [0.29, 0.717) is 76.6 Å². The molecule has 0 bridgehead atoms. The molecule has 0 aliphatic carbocycles. The van der Waals surface area contributed by atoms with Gasteiger partial charge in [-0.25, -0.2) is 9.59 Å². The molecule has 14 heteroatoms. The Hall–Kier alpha value is -6.83. The number of benzene rings is 4. The van der Waals surface area contributed by atoms with Gasteiger partial charge in [-0.15, -0.1) is 0 Å². The van der Waals surface area contributed by atoms with Crippen molar-refractivity contribution in [3.63, 3.8) is 0 Å². The van der Waals surface area contributed by atoms with E-state index in [1.54, 1.807) is 97.1 Å². The molecule has 1 aromatic heterocycles. The first kappa shape index (κ1) is 50.2. The van der Waals surface area contributed by atoms with E-state index in [0.717, 1.165) is 51.4 Å². The van der Waals surface area contributed by atoms with Crippen LogP contribution in [0, 0.1) is 17.3 Å². The number of rotatable bonds is 24. The fraction of sp³-hybridized carbons (Fsp3) is 0.404. The maximum absolute atomic E-state index is 13.2.